The molecule has 0 aliphatic heterocycles. The molecule has 1 aliphatic rings. The number of nitrogens with zero attached hydrogens (tertiary/aromatic N) is 3. The lowest BCUT2D eigenvalue weighted by molar-refractivity contribution is -0.192. The normalized spacial score (nSPS) is 15.8. The zero-order valence-electron chi connectivity index (χ0n) is 21.7. The third kappa shape index (κ3) is 7.95. The number of halogens is 3. The maximum atomic E-state index is 12.4. The molecule has 0 radical (unpaired) electrons. The molecule has 1 N–H and O–H groups in total. The highest BCUT2D eigenvalue weighted by molar-refractivity contribution is 6.01. The second kappa shape index (κ2) is 13.0. The van der Waals surface area contributed by atoms with E-state index in [1.165, 1.54) is 19.3 Å². The number of carboxylic acid groups (broad SMARTS) is 1. The Morgan fingerprint density at radius 1 is 1.13 bits per heavy atom. The molecule has 11 heteroatoms. The summed E-state index contributed by atoms with van der Waals surface area (Å²) in [4.78, 5) is 21.3. The molecule has 39 heavy (non-hydrogen) atoms. The molecule has 1 aromatic carbocycles. The molecule has 0 unspecified atom stereocenters. The van der Waals surface area contributed by atoms with E-state index in [-0.39, 0.29) is 6.42 Å². The molecule has 1 atom stereocenters. The lowest BCUT2D eigenvalue weighted by Gasteiger charge is -2.22. The number of carboxylic acids is 1. The lowest BCUT2D eigenvalue weighted by atomic mass is 9.84. The van der Waals surface area contributed by atoms with E-state index in [2.05, 4.69) is 9.89 Å². The Kier molecular flexibility index (Phi) is 9.45. The van der Waals surface area contributed by atoms with Crippen LogP contribution >= 0.6 is 0 Å². The zero-order valence-corrected chi connectivity index (χ0v) is 21.7. The number of carbonyl (C=O) groups is 1. The van der Waals surface area contributed by atoms with E-state index in [1.54, 1.807) is 31.4 Å². The van der Waals surface area contributed by atoms with Crippen molar-refractivity contribution in [2.75, 3.05) is 20.3 Å². The van der Waals surface area contributed by atoms with Crippen LogP contribution in [0.1, 0.15) is 43.4 Å². The monoisotopic (exact) mass is 547 g/mol. The standard InChI is InChI=1S/C28H32F3N3O5/c1-37-33-25(20-5-3-2-4-6-20)23-12-9-21-13-14-34(26(21)32-23)15-16-38-22-10-7-19(8-11-22)17-24(27(35)36)39-18-28(29,30)31/h7-14,20,24H,2-6,15-18H2,1H3,(H,35,36)/b33-25-/t24-/m0/s1. The smallest absolute Gasteiger partial charge is 0.411 e. The van der Waals surface area contributed by atoms with Crippen LogP contribution in [0.3, 0.4) is 0 Å². The molecule has 0 spiro atoms. The Morgan fingerprint density at radius 3 is 2.54 bits per heavy atom. The van der Waals surface area contributed by atoms with Crippen molar-refractivity contribution in [1.82, 2.24) is 9.55 Å². The van der Waals surface area contributed by atoms with E-state index in [0.29, 0.717) is 30.4 Å². The van der Waals surface area contributed by atoms with Crippen molar-refractivity contribution in [1.29, 1.82) is 0 Å². The van der Waals surface area contributed by atoms with E-state index in [0.717, 1.165) is 35.3 Å². The highest BCUT2D eigenvalue weighted by Crippen LogP contribution is 2.28. The number of fused-ring (bicyclic) bond motifs is 1. The molecule has 3 aromatic rings. The minimum atomic E-state index is -4.59. The third-order valence-corrected chi connectivity index (χ3v) is 6.72. The first-order valence-electron chi connectivity index (χ1n) is 12.9. The van der Waals surface area contributed by atoms with Crippen molar-refractivity contribution in [2.24, 2.45) is 11.1 Å². The molecular formula is C28H32F3N3O5. The van der Waals surface area contributed by atoms with E-state index >= 15 is 0 Å². The van der Waals surface area contributed by atoms with Crippen molar-refractivity contribution < 1.29 is 37.4 Å². The van der Waals surface area contributed by atoms with Gasteiger partial charge in [-0.3, -0.25) is 0 Å². The highest BCUT2D eigenvalue weighted by Gasteiger charge is 2.31. The number of alkyl halides is 3. The van der Waals surface area contributed by atoms with Crippen LogP contribution in [0.25, 0.3) is 11.0 Å². The number of aliphatic carboxylic acids is 1. The molecular weight excluding hydrogens is 515 g/mol. The third-order valence-electron chi connectivity index (χ3n) is 6.72. The summed E-state index contributed by atoms with van der Waals surface area (Å²) in [6, 6.07) is 12.5. The van der Waals surface area contributed by atoms with Crippen molar-refractivity contribution in [3.05, 3.63) is 59.9 Å². The van der Waals surface area contributed by atoms with Crippen LogP contribution in [0.15, 0.2) is 53.8 Å². The maximum absolute atomic E-state index is 12.4. The van der Waals surface area contributed by atoms with Crippen molar-refractivity contribution in [2.45, 2.75) is 57.3 Å². The number of hydrogen-bond donors (Lipinski definition) is 1. The number of pyridine rings is 1. The predicted octanol–water partition coefficient (Wildman–Crippen LogP) is 5.62. The summed E-state index contributed by atoms with van der Waals surface area (Å²) in [5, 5.41) is 14.5. The fourth-order valence-corrected chi connectivity index (χ4v) is 4.80. The topological polar surface area (TPSA) is 95.2 Å². The van der Waals surface area contributed by atoms with Crippen molar-refractivity contribution in [3.63, 3.8) is 0 Å². The molecule has 2 aromatic heterocycles. The van der Waals surface area contributed by atoms with Gasteiger partial charge in [0.2, 0.25) is 0 Å². The Balaban J connectivity index is 1.36. The van der Waals surface area contributed by atoms with E-state index in [4.69, 9.17) is 14.6 Å². The average Bonchev–Trinajstić information content (AvgIpc) is 3.32. The molecule has 1 aliphatic carbocycles. The quantitative estimate of drug-likeness (QED) is 0.234. The number of aromatic nitrogens is 2. The molecule has 8 nitrogen and oxygen atoms in total. The molecule has 1 fully saturated rings. The second-order valence-corrected chi connectivity index (χ2v) is 9.56. The SMILES string of the molecule is CO/N=C(\c1ccc2ccn(CCOc3ccc(C[C@H](OCC(F)(F)F)C(=O)O)cc3)c2n1)C1CCCCC1. The summed E-state index contributed by atoms with van der Waals surface area (Å²) in [6.07, 6.45) is 1.33. The number of oxime groups is 1. The van der Waals surface area contributed by atoms with E-state index in [9.17, 15) is 23.1 Å². The van der Waals surface area contributed by atoms with Crippen LogP contribution < -0.4 is 4.74 Å². The van der Waals surface area contributed by atoms with Gasteiger partial charge in [0.25, 0.3) is 0 Å². The average molecular weight is 548 g/mol. The summed E-state index contributed by atoms with van der Waals surface area (Å²) < 4.78 is 49.6. The van der Waals surface area contributed by atoms with Gasteiger partial charge in [-0.2, -0.15) is 13.2 Å². The van der Waals surface area contributed by atoms with Gasteiger partial charge in [-0.25, -0.2) is 9.78 Å². The molecule has 2 heterocycles. The first-order chi connectivity index (χ1) is 18.7. The first kappa shape index (κ1) is 28.4. The summed E-state index contributed by atoms with van der Waals surface area (Å²) >= 11 is 0. The maximum Gasteiger partial charge on any atom is 0.411 e. The Labute approximate surface area is 224 Å². The molecule has 0 saturated heterocycles. The number of ether oxygens (including phenoxy) is 2. The van der Waals surface area contributed by atoms with Gasteiger partial charge in [-0.15, -0.1) is 0 Å². The molecule has 1 saturated carbocycles. The van der Waals surface area contributed by atoms with E-state index in [1.807, 2.05) is 29.0 Å². The van der Waals surface area contributed by atoms with Gasteiger partial charge in [0.05, 0.1) is 12.2 Å². The van der Waals surface area contributed by atoms with Gasteiger partial charge in [-0.1, -0.05) is 36.6 Å². The Hall–Kier alpha value is -3.60. The van der Waals surface area contributed by atoms with Crippen LogP contribution in [0.2, 0.25) is 0 Å². The van der Waals surface area contributed by atoms with Crippen molar-refractivity contribution >= 4 is 22.7 Å². The van der Waals surface area contributed by atoms with Gasteiger partial charge >= 0.3 is 12.1 Å². The van der Waals surface area contributed by atoms with Crippen LogP contribution in [0, 0.1) is 5.92 Å². The minimum Gasteiger partial charge on any atom is -0.492 e. The Bertz CT molecular complexity index is 1270. The Morgan fingerprint density at radius 2 is 1.87 bits per heavy atom. The molecule has 0 amide bonds. The second-order valence-electron chi connectivity index (χ2n) is 9.56. The fraction of sp³-hybridized carbons (Fsp3) is 0.464. The van der Waals surface area contributed by atoms with Gasteiger partial charge < -0.3 is 24.0 Å². The van der Waals surface area contributed by atoms with Gasteiger partial charge in [0.1, 0.15) is 37.4 Å². The predicted molar refractivity (Wildman–Crippen MR) is 139 cm³/mol. The van der Waals surface area contributed by atoms with E-state index < -0.39 is 24.9 Å². The zero-order chi connectivity index (χ0) is 27.8. The summed E-state index contributed by atoms with van der Waals surface area (Å²) in [7, 11) is 1.56. The molecule has 0 bridgehead atoms. The first-order valence-corrected chi connectivity index (χ1v) is 12.9. The highest BCUT2D eigenvalue weighted by atomic mass is 19.4. The van der Waals surface area contributed by atoms with Crippen LogP contribution in [0.5, 0.6) is 5.75 Å². The van der Waals surface area contributed by atoms with Gasteiger partial charge in [0, 0.05) is 23.9 Å². The van der Waals surface area contributed by atoms with Crippen LogP contribution in [-0.4, -0.2) is 58.9 Å². The summed E-state index contributed by atoms with van der Waals surface area (Å²) in [5.41, 5.74) is 3.05. The molecule has 4 rings (SSSR count). The van der Waals surface area contributed by atoms with Crippen molar-refractivity contribution in [3.8, 4) is 5.75 Å². The van der Waals surface area contributed by atoms with Crippen LogP contribution in [-0.2, 0) is 27.3 Å². The number of hydrogen-bond acceptors (Lipinski definition) is 6. The lowest BCUT2D eigenvalue weighted by Crippen LogP contribution is -2.31. The molecule has 210 valence electrons. The minimum absolute atomic E-state index is 0.190. The summed E-state index contributed by atoms with van der Waals surface area (Å²) in [6.45, 7) is -0.728. The number of rotatable bonds is 12. The van der Waals surface area contributed by atoms with Gasteiger partial charge in [-0.05, 0) is 48.7 Å². The van der Waals surface area contributed by atoms with Crippen LogP contribution in [0.4, 0.5) is 13.2 Å². The largest absolute Gasteiger partial charge is 0.492 e. The summed E-state index contributed by atoms with van der Waals surface area (Å²) in [5.74, 6) is -0.561. The fourth-order valence-electron chi connectivity index (χ4n) is 4.80. The number of benzene rings is 1. The van der Waals surface area contributed by atoms with Gasteiger partial charge in [0.15, 0.2) is 6.10 Å².